The fourth-order valence-corrected chi connectivity index (χ4v) is 4.70. The molecule has 2 atom stereocenters. The van der Waals surface area contributed by atoms with E-state index >= 15 is 0 Å². The summed E-state index contributed by atoms with van der Waals surface area (Å²) in [5.41, 5.74) is 0.310. The quantitative estimate of drug-likeness (QED) is 0.406. The van der Waals surface area contributed by atoms with Crippen LogP contribution in [0.1, 0.15) is 57.6 Å². The van der Waals surface area contributed by atoms with Crippen LogP contribution in [0.25, 0.3) is 0 Å². The van der Waals surface area contributed by atoms with Crippen LogP contribution in [-0.4, -0.2) is 45.4 Å². The number of hydrogen-bond acceptors (Lipinski definition) is 6. The minimum absolute atomic E-state index is 0.147. The highest BCUT2D eigenvalue weighted by atomic mass is 32.1. The Labute approximate surface area is 181 Å². The number of hydrogen-bond donors (Lipinski definition) is 3. The minimum atomic E-state index is -4.60. The number of hydroxylamine groups is 1. The van der Waals surface area contributed by atoms with Crippen molar-refractivity contribution >= 4 is 34.2 Å². The Kier molecular flexibility index (Phi) is 6.89. The van der Waals surface area contributed by atoms with Crippen molar-refractivity contribution in [3.05, 3.63) is 11.1 Å². The Morgan fingerprint density at radius 1 is 1.39 bits per heavy atom. The molecule has 2 fully saturated rings. The molecule has 2 heterocycles. The number of nitrogens with zero attached hydrogens (tertiary/aromatic N) is 2. The molecular weight excluding hydrogens is 437 g/mol. The molecule has 0 aromatic carbocycles. The van der Waals surface area contributed by atoms with E-state index in [1.54, 1.807) is 0 Å². The fourth-order valence-electron chi connectivity index (χ4n) is 3.98. The first kappa shape index (κ1) is 23.5. The van der Waals surface area contributed by atoms with Gasteiger partial charge in [-0.1, -0.05) is 19.8 Å². The lowest BCUT2D eigenvalue weighted by Crippen LogP contribution is -2.46. The zero-order valence-electron chi connectivity index (χ0n) is 17.0. The van der Waals surface area contributed by atoms with E-state index in [9.17, 15) is 27.6 Å². The third kappa shape index (κ3) is 5.53. The lowest BCUT2D eigenvalue weighted by molar-refractivity contribution is -0.143. The fraction of sp³-hybridized carbons (Fsp3) is 0.684. The monoisotopic (exact) mass is 462 g/mol. The van der Waals surface area contributed by atoms with Gasteiger partial charge in [0.2, 0.25) is 17.7 Å². The maximum Gasteiger partial charge on any atom is 0.434 e. The second-order valence-electron chi connectivity index (χ2n) is 8.29. The molecule has 0 radical (unpaired) electrons. The molecule has 3 rings (SSSR count). The summed E-state index contributed by atoms with van der Waals surface area (Å²) in [6.45, 7) is 2.32. The molecule has 2 unspecified atom stereocenters. The van der Waals surface area contributed by atoms with E-state index in [1.165, 1.54) is 10.4 Å². The third-order valence-electron chi connectivity index (χ3n) is 5.89. The Morgan fingerprint density at radius 3 is 2.65 bits per heavy atom. The van der Waals surface area contributed by atoms with Crippen molar-refractivity contribution in [2.24, 2.45) is 11.3 Å². The van der Waals surface area contributed by atoms with Gasteiger partial charge in [0.05, 0.1) is 0 Å². The number of anilines is 1. The minimum Gasteiger partial charge on any atom is -0.330 e. The first-order chi connectivity index (χ1) is 14.6. The molecule has 1 saturated carbocycles. The molecule has 1 aromatic heterocycles. The molecule has 2 aliphatic rings. The van der Waals surface area contributed by atoms with Crippen molar-refractivity contribution in [2.45, 2.75) is 64.1 Å². The molecule has 3 N–H and O–H groups in total. The van der Waals surface area contributed by atoms with Crippen LogP contribution in [0.4, 0.5) is 18.3 Å². The normalized spacial score (nSPS) is 20.5. The first-order valence-corrected chi connectivity index (χ1v) is 11.0. The van der Waals surface area contributed by atoms with Crippen molar-refractivity contribution in [1.82, 2.24) is 15.4 Å². The maximum atomic E-state index is 13.2. The van der Waals surface area contributed by atoms with Crippen LogP contribution >= 0.6 is 11.3 Å². The van der Waals surface area contributed by atoms with Crippen LogP contribution < -0.4 is 10.8 Å². The number of carbonyl (C=O) groups is 3. The molecule has 1 spiro atoms. The number of rotatable bonds is 8. The van der Waals surface area contributed by atoms with Gasteiger partial charge in [0.25, 0.3) is 0 Å². The Bertz CT molecular complexity index is 840. The van der Waals surface area contributed by atoms with E-state index in [2.05, 4.69) is 10.3 Å². The number of nitrogens with one attached hydrogen (secondary N) is 2. The highest BCUT2D eigenvalue weighted by Gasteiger charge is 2.55. The highest BCUT2D eigenvalue weighted by molar-refractivity contribution is 7.13. The van der Waals surface area contributed by atoms with Gasteiger partial charge in [-0.2, -0.15) is 13.2 Å². The van der Waals surface area contributed by atoms with Crippen molar-refractivity contribution in [1.29, 1.82) is 0 Å². The number of likely N-dealkylation sites (tertiary alicyclic amines) is 1. The third-order valence-corrected chi connectivity index (χ3v) is 6.65. The average molecular weight is 462 g/mol. The van der Waals surface area contributed by atoms with Gasteiger partial charge < -0.3 is 10.2 Å². The molecule has 1 aliphatic heterocycles. The van der Waals surface area contributed by atoms with Crippen molar-refractivity contribution in [3.63, 3.8) is 0 Å². The molecule has 8 nitrogen and oxygen atoms in total. The predicted molar refractivity (Wildman–Crippen MR) is 105 cm³/mol. The van der Waals surface area contributed by atoms with Crippen LogP contribution in [0, 0.1) is 11.3 Å². The van der Waals surface area contributed by atoms with Crippen molar-refractivity contribution in [3.8, 4) is 0 Å². The first-order valence-electron chi connectivity index (χ1n) is 10.2. The van der Waals surface area contributed by atoms with E-state index in [0.29, 0.717) is 37.1 Å². The summed E-state index contributed by atoms with van der Waals surface area (Å²) < 4.78 is 38.3. The van der Waals surface area contributed by atoms with Crippen molar-refractivity contribution in [2.75, 3.05) is 11.9 Å². The Balaban J connectivity index is 1.74. The molecule has 172 valence electrons. The summed E-state index contributed by atoms with van der Waals surface area (Å²) in [5.74, 6) is -2.30. The van der Waals surface area contributed by atoms with Crippen molar-refractivity contribution < 1.29 is 32.8 Å². The maximum absolute atomic E-state index is 13.2. The van der Waals surface area contributed by atoms with Gasteiger partial charge in [-0.3, -0.25) is 19.6 Å². The van der Waals surface area contributed by atoms with Gasteiger partial charge in [0.15, 0.2) is 10.8 Å². The zero-order valence-corrected chi connectivity index (χ0v) is 17.8. The zero-order chi connectivity index (χ0) is 22.8. The van der Waals surface area contributed by atoms with Gasteiger partial charge in [-0.05, 0) is 31.1 Å². The average Bonchev–Trinajstić information content (AvgIpc) is 3.12. The number of unbranched alkanes of at least 4 members (excludes halogenated alkanes) is 1. The van der Waals surface area contributed by atoms with E-state index in [0.717, 1.165) is 24.6 Å². The molecule has 1 aromatic rings. The Hall–Kier alpha value is -2.21. The SMILES string of the molecule is CCCCC(CC(=O)NO)C(=O)N1CC2(CC2)CC1C(=O)Nc1nc(C(F)(F)F)cs1. The molecule has 1 aliphatic carbocycles. The summed E-state index contributed by atoms with van der Waals surface area (Å²) in [5, 5.41) is 11.9. The summed E-state index contributed by atoms with van der Waals surface area (Å²) in [7, 11) is 0. The molecule has 31 heavy (non-hydrogen) atoms. The summed E-state index contributed by atoms with van der Waals surface area (Å²) in [6, 6.07) is -0.838. The van der Waals surface area contributed by atoms with E-state index in [4.69, 9.17) is 5.21 Å². The topological polar surface area (TPSA) is 112 Å². The molecular formula is C19H25F3N4O4S. The predicted octanol–water partition coefficient (Wildman–Crippen LogP) is 3.18. The number of amides is 3. The van der Waals surface area contributed by atoms with E-state index < -0.39 is 35.6 Å². The van der Waals surface area contributed by atoms with Gasteiger partial charge in [0, 0.05) is 24.3 Å². The lowest BCUT2D eigenvalue weighted by atomic mass is 9.96. The molecule has 1 saturated heterocycles. The second-order valence-corrected chi connectivity index (χ2v) is 9.15. The Morgan fingerprint density at radius 2 is 2.10 bits per heavy atom. The van der Waals surface area contributed by atoms with Gasteiger partial charge in [0.1, 0.15) is 6.04 Å². The summed E-state index contributed by atoms with van der Waals surface area (Å²) in [6.07, 6.45) is -0.702. The lowest BCUT2D eigenvalue weighted by Gasteiger charge is -2.28. The number of halogens is 3. The largest absolute Gasteiger partial charge is 0.434 e. The smallest absolute Gasteiger partial charge is 0.330 e. The number of alkyl halides is 3. The van der Waals surface area contributed by atoms with E-state index in [1.807, 2.05) is 6.92 Å². The number of carbonyl (C=O) groups excluding carboxylic acids is 3. The van der Waals surface area contributed by atoms with Crippen LogP contribution in [0.2, 0.25) is 0 Å². The van der Waals surface area contributed by atoms with Crippen LogP contribution in [0.5, 0.6) is 0 Å². The summed E-state index contributed by atoms with van der Waals surface area (Å²) >= 11 is 0.670. The molecule has 3 amide bonds. The van der Waals surface area contributed by atoms with Crippen LogP contribution in [0.3, 0.4) is 0 Å². The number of thiazole rings is 1. The van der Waals surface area contributed by atoms with E-state index in [-0.39, 0.29) is 22.9 Å². The second kappa shape index (κ2) is 9.11. The van der Waals surface area contributed by atoms with Gasteiger partial charge >= 0.3 is 6.18 Å². The standard InChI is InChI=1S/C19H25F3N4O4S/c1-2-3-4-11(7-14(27)25-30)16(29)26-10-18(5-6-18)8-12(26)15(28)24-17-23-13(9-31-17)19(20,21)22/h9,11-12,30H,2-8,10H2,1H3,(H,25,27)(H,23,24,28). The van der Waals surface area contributed by atoms with Crippen LogP contribution in [-0.2, 0) is 20.6 Å². The molecule has 0 bridgehead atoms. The summed E-state index contributed by atoms with van der Waals surface area (Å²) in [4.78, 5) is 42.7. The van der Waals surface area contributed by atoms with Gasteiger partial charge in [-0.25, -0.2) is 10.5 Å². The number of aromatic nitrogens is 1. The molecule has 12 heteroatoms. The van der Waals surface area contributed by atoms with Crippen LogP contribution in [0.15, 0.2) is 5.38 Å². The van der Waals surface area contributed by atoms with Gasteiger partial charge in [-0.15, -0.1) is 11.3 Å². The highest BCUT2D eigenvalue weighted by Crippen LogP contribution is 2.55.